The van der Waals surface area contributed by atoms with Crippen molar-refractivity contribution in [3.63, 3.8) is 0 Å². The molecule has 0 spiro atoms. The molecular formula is C19H9N5O9. The molecule has 1 aliphatic heterocycles. The number of carbonyl (C=O) groups is 3. The number of imide groups is 1. The average Bonchev–Trinajstić information content (AvgIpc) is 2.78. The van der Waals surface area contributed by atoms with E-state index in [0.717, 1.165) is 36.4 Å². The lowest BCUT2D eigenvalue weighted by atomic mass is 9.93. The third-order valence-electron chi connectivity index (χ3n) is 4.87. The van der Waals surface area contributed by atoms with Gasteiger partial charge in [0.15, 0.2) is 0 Å². The summed E-state index contributed by atoms with van der Waals surface area (Å²) in [5.41, 5.74) is -0.950. The van der Waals surface area contributed by atoms with E-state index in [-0.39, 0.29) is 26.9 Å². The average molecular weight is 451 g/mol. The molecule has 0 atom stereocenters. The SMILES string of the molecule is O=C(NN1C(=O)c2cc([N+](=O)[O-])cc3cc([N+](=O)[O-])cc(c23)C1=O)c1ccccc1[N+](=O)[O-]. The maximum absolute atomic E-state index is 13.0. The fourth-order valence-electron chi connectivity index (χ4n) is 3.45. The summed E-state index contributed by atoms with van der Waals surface area (Å²) < 4.78 is 0. The molecule has 33 heavy (non-hydrogen) atoms. The van der Waals surface area contributed by atoms with E-state index in [4.69, 9.17) is 0 Å². The molecule has 0 radical (unpaired) electrons. The maximum atomic E-state index is 13.0. The van der Waals surface area contributed by atoms with E-state index in [1.54, 1.807) is 0 Å². The number of hydrazine groups is 1. The van der Waals surface area contributed by atoms with E-state index in [1.165, 1.54) is 12.1 Å². The third kappa shape index (κ3) is 3.36. The van der Waals surface area contributed by atoms with Gasteiger partial charge in [-0.25, -0.2) is 0 Å². The van der Waals surface area contributed by atoms with Crippen LogP contribution in [-0.4, -0.2) is 37.5 Å². The molecule has 3 aromatic carbocycles. The Balaban J connectivity index is 1.86. The van der Waals surface area contributed by atoms with Gasteiger partial charge in [0, 0.05) is 35.7 Å². The summed E-state index contributed by atoms with van der Waals surface area (Å²) >= 11 is 0. The molecule has 4 rings (SSSR count). The highest BCUT2D eigenvalue weighted by Gasteiger charge is 2.38. The lowest BCUT2D eigenvalue weighted by Crippen LogP contribution is -2.51. The number of rotatable bonds is 5. The standard InChI is InChI=1S/C19H9N5O9/c25-17(12-3-1-2-4-15(12)24(32)33)20-21-18(26)13-7-10(22(28)29)5-9-6-11(23(30)31)8-14(16(9)13)19(21)27/h1-8H,(H,20,25). The highest BCUT2D eigenvalue weighted by atomic mass is 16.6. The Kier molecular flexibility index (Phi) is 4.74. The first-order valence-corrected chi connectivity index (χ1v) is 8.94. The summed E-state index contributed by atoms with van der Waals surface area (Å²) in [4.78, 5) is 69.9. The summed E-state index contributed by atoms with van der Waals surface area (Å²) in [7, 11) is 0. The van der Waals surface area contributed by atoms with Crippen LogP contribution in [0, 0.1) is 30.3 Å². The van der Waals surface area contributed by atoms with Crippen LogP contribution in [0.4, 0.5) is 17.1 Å². The molecule has 0 aliphatic carbocycles. The molecule has 0 aromatic heterocycles. The second kappa shape index (κ2) is 7.45. The van der Waals surface area contributed by atoms with Crippen molar-refractivity contribution in [1.82, 2.24) is 10.4 Å². The van der Waals surface area contributed by atoms with Gasteiger partial charge in [-0.1, -0.05) is 12.1 Å². The van der Waals surface area contributed by atoms with E-state index >= 15 is 0 Å². The summed E-state index contributed by atoms with van der Waals surface area (Å²) in [6.07, 6.45) is 0. The van der Waals surface area contributed by atoms with Gasteiger partial charge in [0.25, 0.3) is 34.8 Å². The Morgan fingerprint density at radius 1 is 0.788 bits per heavy atom. The Morgan fingerprint density at radius 3 is 1.79 bits per heavy atom. The van der Waals surface area contributed by atoms with Crippen molar-refractivity contribution < 1.29 is 29.2 Å². The lowest BCUT2D eigenvalue weighted by molar-refractivity contribution is -0.385. The molecule has 0 fully saturated rings. The van der Waals surface area contributed by atoms with Crippen LogP contribution < -0.4 is 5.43 Å². The number of amides is 3. The number of carbonyl (C=O) groups excluding carboxylic acids is 3. The van der Waals surface area contributed by atoms with Crippen molar-refractivity contribution in [2.24, 2.45) is 0 Å². The maximum Gasteiger partial charge on any atom is 0.282 e. The summed E-state index contributed by atoms with van der Waals surface area (Å²) in [6, 6.07) is 8.47. The minimum absolute atomic E-state index is 0.0580. The Labute approximate surface area is 181 Å². The van der Waals surface area contributed by atoms with Gasteiger partial charge in [-0.2, -0.15) is 5.01 Å². The monoisotopic (exact) mass is 451 g/mol. The lowest BCUT2D eigenvalue weighted by Gasteiger charge is -2.27. The number of nitro groups is 3. The van der Waals surface area contributed by atoms with Gasteiger partial charge < -0.3 is 0 Å². The molecule has 0 bridgehead atoms. The highest BCUT2D eigenvalue weighted by Crippen LogP contribution is 2.36. The number of nitrogens with one attached hydrogen (secondary N) is 1. The number of hydrogen-bond acceptors (Lipinski definition) is 9. The van der Waals surface area contributed by atoms with Crippen LogP contribution in [-0.2, 0) is 0 Å². The van der Waals surface area contributed by atoms with E-state index in [1.807, 2.05) is 5.43 Å². The zero-order valence-electron chi connectivity index (χ0n) is 16.1. The van der Waals surface area contributed by atoms with Crippen molar-refractivity contribution in [3.8, 4) is 0 Å². The van der Waals surface area contributed by atoms with Crippen molar-refractivity contribution in [1.29, 1.82) is 0 Å². The minimum Gasteiger partial charge on any atom is -0.267 e. The van der Waals surface area contributed by atoms with Crippen LogP contribution in [0.2, 0.25) is 0 Å². The number of nitro benzene ring substituents is 3. The van der Waals surface area contributed by atoms with E-state index in [0.29, 0.717) is 0 Å². The molecule has 1 aliphatic rings. The molecule has 3 aromatic rings. The van der Waals surface area contributed by atoms with Gasteiger partial charge >= 0.3 is 0 Å². The number of hydrogen-bond donors (Lipinski definition) is 1. The summed E-state index contributed by atoms with van der Waals surface area (Å²) in [6.45, 7) is 0. The van der Waals surface area contributed by atoms with Crippen LogP contribution >= 0.6 is 0 Å². The van der Waals surface area contributed by atoms with Crippen LogP contribution in [0.5, 0.6) is 0 Å². The summed E-state index contributed by atoms with van der Waals surface area (Å²) in [5, 5.41) is 33.9. The van der Waals surface area contributed by atoms with Crippen molar-refractivity contribution in [3.05, 3.63) is 95.6 Å². The van der Waals surface area contributed by atoms with Gasteiger partial charge in [0.2, 0.25) is 0 Å². The number of para-hydroxylation sites is 1. The largest absolute Gasteiger partial charge is 0.282 e. The van der Waals surface area contributed by atoms with Crippen molar-refractivity contribution in [2.75, 3.05) is 0 Å². The predicted molar refractivity (Wildman–Crippen MR) is 108 cm³/mol. The number of benzene rings is 3. The molecule has 14 nitrogen and oxygen atoms in total. The highest BCUT2D eigenvalue weighted by molar-refractivity contribution is 6.26. The molecular weight excluding hydrogens is 442 g/mol. The molecule has 164 valence electrons. The first-order valence-electron chi connectivity index (χ1n) is 8.94. The van der Waals surface area contributed by atoms with Crippen molar-refractivity contribution in [2.45, 2.75) is 0 Å². The molecule has 0 saturated heterocycles. The smallest absolute Gasteiger partial charge is 0.267 e. The van der Waals surface area contributed by atoms with Crippen LogP contribution in [0.3, 0.4) is 0 Å². The van der Waals surface area contributed by atoms with Crippen LogP contribution in [0.25, 0.3) is 10.8 Å². The van der Waals surface area contributed by atoms with Gasteiger partial charge in [-0.05, 0) is 11.5 Å². The Bertz CT molecular complexity index is 1380. The minimum atomic E-state index is -1.18. The third-order valence-corrected chi connectivity index (χ3v) is 4.87. The quantitative estimate of drug-likeness (QED) is 0.344. The van der Waals surface area contributed by atoms with Gasteiger partial charge in [-0.3, -0.25) is 50.2 Å². The predicted octanol–water partition coefficient (Wildman–Crippen LogP) is 2.51. The van der Waals surface area contributed by atoms with Gasteiger partial charge in [-0.15, -0.1) is 0 Å². The first-order chi connectivity index (χ1) is 15.6. The Morgan fingerprint density at radius 2 is 1.30 bits per heavy atom. The van der Waals surface area contributed by atoms with E-state index in [2.05, 4.69) is 0 Å². The van der Waals surface area contributed by atoms with Gasteiger partial charge in [0.1, 0.15) is 5.56 Å². The van der Waals surface area contributed by atoms with Crippen LogP contribution in [0.1, 0.15) is 31.1 Å². The first kappa shape index (κ1) is 21.0. The summed E-state index contributed by atoms with van der Waals surface area (Å²) in [5.74, 6) is -3.48. The zero-order valence-corrected chi connectivity index (χ0v) is 16.1. The topological polar surface area (TPSA) is 196 Å². The molecule has 3 amide bonds. The molecule has 0 saturated carbocycles. The fourth-order valence-corrected chi connectivity index (χ4v) is 3.45. The number of nitrogens with zero attached hydrogens (tertiary/aromatic N) is 4. The van der Waals surface area contributed by atoms with Gasteiger partial charge in [0.05, 0.1) is 25.9 Å². The zero-order chi connectivity index (χ0) is 24.0. The van der Waals surface area contributed by atoms with Crippen molar-refractivity contribution >= 4 is 45.6 Å². The Hall–Kier alpha value is -5.27. The van der Waals surface area contributed by atoms with E-state index < -0.39 is 55.1 Å². The molecule has 1 heterocycles. The van der Waals surface area contributed by atoms with Crippen LogP contribution in [0.15, 0.2) is 48.5 Å². The second-order valence-electron chi connectivity index (χ2n) is 6.76. The molecule has 14 heteroatoms. The molecule has 0 unspecified atom stereocenters. The normalized spacial score (nSPS) is 12.5. The fraction of sp³-hybridized carbons (Fsp3) is 0. The number of non-ortho nitro benzene ring substituents is 2. The second-order valence-corrected chi connectivity index (χ2v) is 6.76. The van der Waals surface area contributed by atoms with E-state index in [9.17, 15) is 44.7 Å². The molecule has 1 N–H and O–H groups in total.